The van der Waals surface area contributed by atoms with Gasteiger partial charge in [-0.25, -0.2) is 14.5 Å². The molecular weight excluding hydrogens is 426 g/mol. The van der Waals surface area contributed by atoms with Crippen molar-refractivity contribution < 1.29 is 13.7 Å². The van der Waals surface area contributed by atoms with Crippen LogP contribution in [0.1, 0.15) is 36.1 Å². The Balaban J connectivity index is 1.55. The molecule has 0 aromatic carbocycles. The molecule has 0 radical (unpaired) electrons. The number of pyridine rings is 2. The summed E-state index contributed by atoms with van der Waals surface area (Å²) < 4.78 is 19.5. The number of carbonyl (C=O) groups excluding carboxylic acids is 1. The Labute approximate surface area is 179 Å². The Morgan fingerprint density at radius 3 is 2.70 bits per heavy atom. The number of nitrogens with one attached hydrogen (secondary N) is 1. The fraction of sp³-hybridized carbons (Fsp3) is 0.350. The molecule has 0 atom stereocenters. The van der Waals surface area contributed by atoms with Gasteiger partial charge in [-0.15, -0.1) is 5.10 Å². The van der Waals surface area contributed by atoms with Gasteiger partial charge in [0.2, 0.25) is 11.7 Å². The lowest BCUT2D eigenvalue weighted by atomic mass is 9.95. The maximum atomic E-state index is 12.8. The van der Waals surface area contributed by atoms with Gasteiger partial charge >= 0.3 is 0 Å². The normalized spacial score (nSPS) is 24.0. The molecule has 4 heterocycles. The minimum absolute atomic E-state index is 0.0713. The van der Waals surface area contributed by atoms with E-state index in [1.807, 2.05) is 13.8 Å². The van der Waals surface area contributed by atoms with Gasteiger partial charge in [0, 0.05) is 29.3 Å². The van der Waals surface area contributed by atoms with Crippen LogP contribution in [0.4, 0.5) is 0 Å². The van der Waals surface area contributed by atoms with Crippen molar-refractivity contribution in [1.29, 1.82) is 0 Å². The van der Waals surface area contributed by atoms with E-state index >= 15 is 0 Å². The molecule has 3 aromatic heterocycles. The van der Waals surface area contributed by atoms with Crippen molar-refractivity contribution in [2.75, 3.05) is 11.5 Å². The predicted molar refractivity (Wildman–Crippen MR) is 117 cm³/mol. The van der Waals surface area contributed by atoms with Crippen LogP contribution in [-0.4, -0.2) is 52.6 Å². The summed E-state index contributed by atoms with van der Waals surface area (Å²) in [6.07, 6.45) is 2.72. The number of carbonyl (C=O) groups is 1. The predicted octanol–water partition coefficient (Wildman–Crippen LogP) is 2.88. The second-order valence-electron chi connectivity index (χ2n) is 7.79. The van der Waals surface area contributed by atoms with E-state index in [0.717, 1.165) is 0 Å². The summed E-state index contributed by atoms with van der Waals surface area (Å²) in [6.45, 7) is 3.77. The number of ether oxygens (including phenoxy) is 1. The molecule has 0 bridgehead atoms. The minimum Gasteiger partial charge on any atom is -0.437 e. The number of aromatic nitrogens is 4. The molecule has 0 spiro atoms. The quantitative estimate of drug-likeness (QED) is 0.617. The molecule has 1 aliphatic heterocycles. The van der Waals surface area contributed by atoms with Crippen LogP contribution in [0.15, 0.2) is 30.5 Å². The maximum Gasteiger partial charge on any atom is 0.291 e. The number of hydrogen-bond acceptors (Lipinski definition) is 6. The fourth-order valence-corrected chi connectivity index (χ4v) is 5.26. The molecule has 10 heteroatoms. The maximum absolute atomic E-state index is 12.8. The molecule has 1 aliphatic rings. The van der Waals surface area contributed by atoms with Crippen molar-refractivity contribution >= 4 is 38.5 Å². The van der Waals surface area contributed by atoms with E-state index < -0.39 is 15.1 Å². The molecule has 30 heavy (non-hydrogen) atoms. The van der Waals surface area contributed by atoms with Gasteiger partial charge in [-0.1, -0.05) is 11.6 Å². The topological polar surface area (TPSA) is 98.5 Å². The van der Waals surface area contributed by atoms with E-state index in [1.54, 1.807) is 28.8 Å². The van der Waals surface area contributed by atoms with Crippen molar-refractivity contribution in [3.05, 3.63) is 47.0 Å². The van der Waals surface area contributed by atoms with Crippen LogP contribution in [-0.2, 0) is 9.52 Å². The lowest BCUT2D eigenvalue weighted by Crippen LogP contribution is -2.51. The first kappa shape index (κ1) is 20.6. The monoisotopic (exact) mass is 447 g/mol. The molecular formula is C20H22ClN5O3S. The van der Waals surface area contributed by atoms with E-state index in [2.05, 4.69) is 26.3 Å². The number of amides is 1. The highest BCUT2D eigenvalue weighted by molar-refractivity contribution is 8.00. The van der Waals surface area contributed by atoms with Gasteiger partial charge in [-0.05, 0) is 60.3 Å². The molecule has 0 unspecified atom stereocenters. The molecule has 158 valence electrons. The molecule has 0 aliphatic carbocycles. The van der Waals surface area contributed by atoms with Gasteiger partial charge < -0.3 is 10.1 Å². The van der Waals surface area contributed by atoms with E-state index in [1.165, 1.54) is 6.20 Å². The van der Waals surface area contributed by atoms with Gasteiger partial charge in [0.05, 0.1) is 10.7 Å². The third kappa shape index (κ3) is 4.27. The molecule has 8 nitrogen and oxygen atoms in total. The van der Waals surface area contributed by atoms with Gasteiger partial charge in [0.25, 0.3) is 5.91 Å². The number of rotatable bonds is 4. The summed E-state index contributed by atoms with van der Waals surface area (Å²) in [5.74, 6) is 5.43. The largest absolute Gasteiger partial charge is 0.437 e. The zero-order chi connectivity index (χ0) is 21.5. The average Bonchev–Trinajstić information content (AvgIpc) is 3.14. The Bertz CT molecular complexity index is 1210. The number of fused-ring (bicyclic) bond motifs is 1. The van der Waals surface area contributed by atoms with Crippen molar-refractivity contribution in [2.24, 2.45) is 0 Å². The number of aryl methyl sites for hydroxylation is 1. The van der Waals surface area contributed by atoms with Crippen LogP contribution in [0.2, 0.25) is 5.02 Å². The van der Waals surface area contributed by atoms with Gasteiger partial charge in [-0.3, -0.25) is 9.00 Å². The first-order valence-corrected chi connectivity index (χ1v) is 11.9. The third-order valence-electron chi connectivity index (χ3n) is 5.28. The van der Waals surface area contributed by atoms with E-state index in [-0.39, 0.29) is 11.7 Å². The Morgan fingerprint density at radius 1 is 1.30 bits per heavy atom. The van der Waals surface area contributed by atoms with E-state index in [4.69, 9.17) is 16.3 Å². The smallest absolute Gasteiger partial charge is 0.291 e. The molecule has 1 fully saturated rings. The van der Waals surface area contributed by atoms with Crippen LogP contribution < -0.4 is 10.1 Å². The highest BCUT2D eigenvalue weighted by atomic mass is 35.5. The first-order chi connectivity index (χ1) is 14.1. The van der Waals surface area contributed by atoms with Crippen LogP contribution in [0.3, 0.4) is 0 Å². The van der Waals surface area contributed by atoms with E-state index in [0.29, 0.717) is 52.3 Å². The third-order valence-corrected chi connectivity index (χ3v) is 7.39. The van der Waals surface area contributed by atoms with Crippen LogP contribution in [0, 0.1) is 6.92 Å². The zero-order valence-corrected chi connectivity index (χ0v) is 18.3. The average molecular weight is 448 g/mol. The summed E-state index contributed by atoms with van der Waals surface area (Å²) in [6, 6.07) is 6.84. The van der Waals surface area contributed by atoms with Crippen LogP contribution >= 0.6 is 11.6 Å². The van der Waals surface area contributed by atoms with E-state index in [9.17, 15) is 9.00 Å². The molecule has 1 saturated heterocycles. The van der Waals surface area contributed by atoms with Crippen molar-refractivity contribution in [3.8, 4) is 11.6 Å². The first-order valence-electron chi connectivity index (χ1n) is 9.45. The van der Waals surface area contributed by atoms with Crippen LogP contribution in [0.25, 0.3) is 5.65 Å². The minimum atomic E-state index is -2.03. The summed E-state index contributed by atoms with van der Waals surface area (Å²) >= 11 is 5.85. The summed E-state index contributed by atoms with van der Waals surface area (Å²) in [5, 5.41) is 7.88. The molecule has 1 N–H and O–H groups in total. The van der Waals surface area contributed by atoms with Crippen molar-refractivity contribution in [1.82, 2.24) is 24.9 Å². The summed E-state index contributed by atoms with van der Waals surface area (Å²) in [5.41, 5.74) is 0.761. The Kier molecular flexibility index (Phi) is 5.19. The molecule has 1 amide bonds. The Morgan fingerprint density at radius 2 is 2.03 bits per heavy atom. The second-order valence-corrected chi connectivity index (χ2v) is 11.0. The van der Waals surface area contributed by atoms with Gasteiger partial charge in [0.1, 0.15) is 0 Å². The fourth-order valence-electron chi connectivity index (χ4n) is 3.30. The lowest BCUT2D eigenvalue weighted by molar-refractivity contribution is 0.0889. The molecule has 4 rings (SSSR count). The number of hydrogen-bond donors (Lipinski definition) is 1. The van der Waals surface area contributed by atoms with Crippen molar-refractivity contribution in [3.63, 3.8) is 0 Å². The summed E-state index contributed by atoms with van der Waals surface area (Å²) in [4.78, 5) is 21.2. The SMILES string of the molecule is C=S1(=O)CCC(C)(NC(=O)c2nc3ccc(Oc4ccc(Cl)cn4)c(C)n3n2)CC1. The number of halogens is 1. The molecule has 0 saturated carbocycles. The molecule has 3 aromatic rings. The highest BCUT2D eigenvalue weighted by Crippen LogP contribution is 2.26. The number of nitrogens with zero attached hydrogens (tertiary/aromatic N) is 4. The Hall–Kier alpha value is -2.65. The standard InChI is InChI=1S/C20H22ClN5O3S/c1-13-15(29-17-7-4-14(21)12-22-17)5-6-16-23-18(25-26(13)16)19(27)24-20(2)8-10-30(3,28)11-9-20/h4-7,12H,3,8-11H2,1-2H3,(H,24,27). The van der Waals surface area contributed by atoms with Gasteiger partial charge in [-0.2, -0.15) is 0 Å². The van der Waals surface area contributed by atoms with Crippen molar-refractivity contribution in [2.45, 2.75) is 32.2 Å². The lowest BCUT2D eigenvalue weighted by Gasteiger charge is -2.35. The highest BCUT2D eigenvalue weighted by Gasteiger charge is 2.33. The second kappa shape index (κ2) is 7.55. The van der Waals surface area contributed by atoms with Crippen LogP contribution in [0.5, 0.6) is 11.6 Å². The van der Waals surface area contributed by atoms with Gasteiger partial charge in [0.15, 0.2) is 11.4 Å². The summed E-state index contributed by atoms with van der Waals surface area (Å²) in [7, 11) is -2.03. The zero-order valence-electron chi connectivity index (χ0n) is 16.7.